The van der Waals surface area contributed by atoms with Crippen molar-refractivity contribution in [3.8, 4) is 6.07 Å². The molecular formula is C16H16N4O2. The number of aromatic nitrogens is 2. The van der Waals surface area contributed by atoms with Crippen LogP contribution in [0.15, 0.2) is 36.7 Å². The number of nitriles is 1. The van der Waals surface area contributed by atoms with E-state index in [9.17, 15) is 4.79 Å². The van der Waals surface area contributed by atoms with Crippen LogP contribution < -0.4 is 5.32 Å². The number of esters is 1. The zero-order valence-electron chi connectivity index (χ0n) is 12.4. The predicted molar refractivity (Wildman–Crippen MR) is 81.4 cm³/mol. The molecule has 112 valence electrons. The van der Waals surface area contributed by atoms with E-state index in [-0.39, 0.29) is 17.6 Å². The van der Waals surface area contributed by atoms with Crippen molar-refractivity contribution in [2.24, 2.45) is 5.92 Å². The van der Waals surface area contributed by atoms with E-state index in [1.54, 1.807) is 6.20 Å². The van der Waals surface area contributed by atoms with Crippen molar-refractivity contribution in [3.05, 3.63) is 47.9 Å². The number of nitrogens with zero attached hydrogens (tertiary/aromatic N) is 3. The van der Waals surface area contributed by atoms with Gasteiger partial charge in [-0.25, -0.2) is 4.98 Å². The standard InChI is InChI=1S/C16H16N4O2/c1-11(16(21)22-2)7-12-3-5-13(6-4-12)19-15-10-18-9-14(8-17)20-15/h3-6,9-11H,7H2,1-2H3,(H,19,20). The molecule has 0 aliphatic heterocycles. The number of carbonyl (C=O) groups excluding carboxylic acids is 1. The third kappa shape index (κ3) is 4.03. The molecule has 6 heteroatoms. The third-order valence-electron chi connectivity index (χ3n) is 3.12. The van der Waals surface area contributed by atoms with Crippen LogP contribution in [0.25, 0.3) is 0 Å². The maximum Gasteiger partial charge on any atom is 0.308 e. The summed E-state index contributed by atoms with van der Waals surface area (Å²) in [6, 6.07) is 9.59. The number of benzene rings is 1. The van der Waals surface area contributed by atoms with Crippen molar-refractivity contribution in [1.29, 1.82) is 5.26 Å². The molecule has 0 bridgehead atoms. The van der Waals surface area contributed by atoms with Gasteiger partial charge in [0.2, 0.25) is 0 Å². The van der Waals surface area contributed by atoms with Crippen molar-refractivity contribution in [2.45, 2.75) is 13.3 Å². The summed E-state index contributed by atoms with van der Waals surface area (Å²) in [5.41, 5.74) is 2.13. The van der Waals surface area contributed by atoms with Gasteiger partial charge >= 0.3 is 5.97 Å². The summed E-state index contributed by atoms with van der Waals surface area (Å²) >= 11 is 0. The van der Waals surface area contributed by atoms with Crippen LogP contribution in [-0.2, 0) is 16.0 Å². The molecule has 6 nitrogen and oxygen atoms in total. The van der Waals surface area contributed by atoms with Crippen molar-refractivity contribution in [2.75, 3.05) is 12.4 Å². The maximum absolute atomic E-state index is 11.4. The van der Waals surface area contributed by atoms with Gasteiger partial charge < -0.3 is 10.1 Å². The first-order chi connectivity index (χ1) is 10.6. The average Bonchev–Trinajstić information content (AvgIpc) is 2.56. The number of anilines is 2. The number of rotatable bonds is 5. The Morgan fingerprint density at radius 3 is 2.73 bits per heavy atom. The van der Waals surface area contributed by atoms with E-state index in [1.165, 1.54) is 13.3 Å². The first kappa shape index (κ1) is 15.4. The quantitative estimate of drug-likeness (QED) is 0.853. The van der Waals surface area contributed by atoms with Gasteiger partial charge in [0.25, 0.3) is 0 Å². The Morgan fingerprint density at radius 2 is 2.09 bits per heavy atom. The van der Waals surface area contributed by atoms with Gasteiger partial charge in [-0.15, -0.1) is 0 Å². The first-order valence-corrected chi connectivity index (χ1v) is 6.78. The summed E-state index contributed by atoms with van der Waals surface area (Å²) in [7, 11) is 1.39. The number of carbonyl (C=O) groups is 1. The van der Waals surface area contributed by atoms with E-state index >= 15 is 0 Å². The number of ether oxygens (including phenoxy) is 1. The van der Waals surface area contributed by atoms with Crippen molar-refractivity contribution < 1.29 is 9.53 Å². The Kier molecular flexibility index (Phi) is 5.04. The fourth-order valence-corrected chi connectivity index (χ4v) is 1.99. The number of hydrogen-bond donors (Lipinski definition) is 1. The van der Waals surface area contributed by atoms with Crippen LogP contribution >= 0.6 is 0 Å². The van der Waals surface area contributed by atoms with Gasteiger partial charge in [-0.05, 0) is 24.1 Å². The Bertz CT molecular complexity index is 692. The summed E-state index contributed by atoms with van der Waals surface area (Å²) in [6.45, 7) is 1.83. The number of hydrogen-bond acceptors (Lipinski definition) is 6. The molecule has 0 aliphatic rings. The van der Waals surface area contributed by atoms with Gasteiger partial charge in [0.1, 0.15) is 11.9 Å². The molecule has 1 unspecified atom stereocenters. The maximum atomic E-state index is 11.4. The van der Waals surface area contributed by atoms with Gasteiger partial charge in [0, 0.05) is 5.69 Å². The Hall–Kier alpha value is -2.94. The van der Waals surface area contributed by atoms with Gasteiger partial charge in [-0.3, -0.25) is 9.78 Å². The van der Waals surface area contributed by atoms with Gasteiger partial charge in [-0.1, -0.05) is 19.1 Å². The van der Waals surface area contributed by atoms with Crippen molar-refractivity contribution in [3.63, 3.8) is 0 Å². The molecule has 1 N–H and O–H groups in total. The molecule has 1 heterocycles. The second-order valence-corrected chi connectivity index (χ2v) is 4.85. The Morgan fingerprint density at radius 1 is 1.36 bits per heavy atom. The summed E-state index contributed by atoms with van der Waals surface area (Å²) in [5, 5.41) is 11.9. The molecule has 0 radical (unpaired) electrons. The molecular weight excluding hydrogens is 280 g/mol. The molecule has 2 aromatic rings. The fraction of sp³-hybridized carbons (Fsp3) is 0.250. The topological polar surface area (TPSA) is 87.9 Å². The molecule has 0 saturated carbocycles. The lowest BCUT2D eigenvalue weighted by atomic mass is 10.0. The third-order valence-corrected chi connectivity index (χ3v) is 3.12. The van der Waals surface area contributed by atoms with E-state index in [2.05, 4.69) is 15.3 Å². The molecule has 0 amide bonds. The normalized spacial score (nSPS) is 11.3. The lowest BCUT2D eigenvalue weighted by Crippen LogP contribution is -2.15. The van der Waals surface area contributed by atoms with Crippen LogP contribution in [0.1, 0.15) is 18.2 Å². The highest BCUT2D eigenvalue weighted by Crippen LogP contribution is 2.17. The van der Waals surface area contributed by atoms with E-state index in [0.29, 0.717) is 12.2 Å². The van der Waals surface area contributed by atoms with E-state index < -0.39 is 0 Å². The minimum absolute atomic E-state index is 0.179. The molecule has 0 aliphatic carbocycles. The molecule has 1 aromatic carbocycles. The Labute approximate surface area is 128 Å². The minimum Gasteiger partial charge on any atom is -0.469 e. The number of nitrogens with one attached hydrogen (secondary N) is 1. The Balaban J connectivity index is 2.03. The summed E-state index contributed by atoms with van der Waals surface area (Å²) in [4.78, 5) is 19.4. The molecule has 0 saturated heterocycles. The average molecular weight is 296 g/mol. The van der Waals surface area contributed by atoms with Crippen molar-refractivity contribution in [1.82, 2.24) is 9.97 Å². The van der Waals surface area contributed by atoms with Gasteiger partial charge in [-0.2, -0.15) is 5.26 Å². The van der Waals surface area contributed by atoms with E-state index in [0.717, 1.165) is 11.3 Å². The van der Waals surface area contributed by atoms with E-state index in [1.807, 2.05) is 37.3 Å². The smallest absolute Gasteiger partial charge is 0.308 e. The minimum atomic E-state index is -0.217. The van der Waals surface area contributed by atoms with Crippen LogP contribution in [0.2, 0.25) is 0 Å². The summed E-state index contributed by atoms with van der Waals surface area (Å²) in [5.74, 6) is 0.113. The predicted octanol–water partition coefficient (Wildman–Crippen LogP) is 2.44. The van der Waals surface area contributed by atoms with Crippen LogP contribution in [0.3, 0.4) is 0 Å². The molecule has 1 aromatic heterocycles. The lowest BCUT2D eigenvalue weighted by Gasteiger charge is -2.10. The van der Waals surface area contributed by atoms with Gasteiger partial charge in [0.15, 0.2) is 5.69 Å². The number of methoxy groups -OCH3 is 1. The zero-order valence-corrected chi connectivity index (χ0v) is 12.4. The molecule has 0 spiro atoms. The zero-order chi connectivity index (χ0) is 15.9. The van der Waals surface area contributed by atoms with Crippen LogP contribution in [0, 0.1) is 17.2 Å². The lowest BCUT2D eigenvalue weighted by molar-refractivity contribution is -0.144. The molecule has 22 heavy (non-hydrogen) atoms. The highest BCUT2D eigenvalue weighted by molar-refractivity contribution is 5.72. The largest absolute Gasteiger partial charge is 0.469 e. The molecule has 1 atom stereocenters. The second-order valence-electron chi connectivity index (χ2n) is 4.85. The van der Waals surface area contributed by atoms with Crippen LogP contribution in [0.4, 0.5) is 11.5 Å². The highest BCUT2D eigenvalue weighted by atomic mass is 16.5. The van der Waals surface area contributed by atoms with Gasteiger partial charge in [0.05, 0.1) is 25.4 Å². The highest BCUT2D eigenvalue weighted by Gasteiger charge is 2.13. The SMILES string of the molecule is COC(=O)C(C)Cc1ccc(Nc2cncc(C#N)n2)cc1. The molecule has 0 fully saturated rings. The van der Waals surface area contributed by atoms with E-state index in [4.69, 9.17) is 10.00 Å². The monoisotopic (exact) mass is 296 g/mol. The second kappa shape index (κ2) is 7.18. The summed E-state index contributed by atoms with van der Waals surface area (Å²) < 4.78 is 4.72. The van der Waals surface area contributed by atoms with Crippen LogP contribution in [-0.4, -0.2) is 23.0 Å². The summed E-state index contributed by atoms with van der Waals surface area (Å²) in [6.07, 6.45) is 3.58. The fourth-order valence-electron chi connectivity index (χ4n) is 1.99. The van der Waals surface area contributed by atoms with Crippen molar-refractivity contribution >= 4 is 17.5 Å². The first-order valence-electron chi connectivity index (χ1n) is 6.78. The molecule has 2 rings (SSSR count). The van der Waals surface area contributed by atoms with Crippen LogP contribution in [0.5, 0.6) is 0 Å².